The van der Waals surface area contributed by atoms with E-state index in [4.69, 9.17) is 14.2 Å². The van der Waals surface area contributed by atoms with Crippen LogP contribution in [-0.4, -0.2) is 66.9 Å². The van der Waals surface area contributed by atoms with Gasteiger partial charge in [-0.15, -0.1) is 0 Å². The molecule has 8 nitrogen and oxygen atoms in total. The van der Waals surface area contributed by atoms with Gasteiger partial charge in [-0.1, -0.05) is 44.9 Å². The first-order chi connectivity index (χ1) is 18.0. The van der Waals surface area contributed by atoms with E-state index in [9.17, 15) is 14.7 Å². The molecule has 0 spiro atoms. The van der Waals surface area contributed by atoms with Crippen LogP contribution in [0.3, 0.4) is 0 Å². The highest BCUT2D eigenvalue weighted by Crippen LogP contribution is 2.47. The molecule has 3 atom stereocenters. The van der Waals surface area contributed by atoms with Gasteiger partial charge in [-0.25, -0.2) is 0 Å². The van der Waals surface area contributed by atoms with Crippen molar-refractivity contribution in [2.45, 2.75) is 51.5 Å². The fourth-order valence-corrected chi connectivity index (χ4v) is 5.41. The van der Waals surface area contributed by atoms with Gasteiger partial charge in [0.05, 0.1) is 19.6 Å². The Morgan fingerprint density at radius 1 is 1.00 bits per heavy atom. The SMILES string of the molecule is CCCCN(CCCC)C(=O)CN1CC(c2ccc3c(c2)OCO3)C(C(=O)O)[C@H]1c1ccc(OC)cc1. The lowest BCUT2D eigenvalue weighted by atomic mass is 9.82. The lowest BCUT2D eigenvalue weighted by Crippen LogP contribution is -2.42. The van der Waals surface area contributed by atoms with Crippen LogP contribution in [0.1, 0.15) is 62.6 Å². The molecular weight excluding hydrogens is 472 g/mol. The molecule has 0 aliphatic carbocycles. The molecular formula is C29H38N2O6. The van der Waals surface area contributed by atoms with E-state index in [1.807, 2.05) is 52.3 Å². The molecule has 0 radical (unpaired) electrons. The lowest BCUT2D eigenvalue weighted by molar-refractivity contribution is -0.144. The zero-order chi connectivity index (χ0) is 26.4. The molecule has 1 saturated heterocycles. The maximum absolute atomic E-state index is 13.5. The molecule has 0 bridgehead atoms. The highest BCUT2D eigenvalue weighted by atomic mass is 16.7. The minimum atomic E-state index is -0.882. The van der Waals surface area contributed by atoms with E-state index >= 15 is 0 Å². The van der Waals surface area contributed by atoms with Crippen molar-refractivity contribution in [2.24, 2.45) is 5.92 Å². The van der Waals surface area contributed by atoms with Gasteiger partial charge in [0, 0.05) is 31.6 Å². The number of benzene rings is 2. The minimum Gasteiger partial charge on any atom is -0.497 e. The Morgan fingerprint density at radius 3 is 2.27 bits per heavy atom. The predicted molar refractivity (Wildman–Crippen MR) is 140 cm³/mol. The van der Waals surface area contributed by atoms with Gasteiger partial charge in [-0.05, 0) is 48.2 Å². The molecule has 2 aromatic carbocycles. The third kappa shape index (κ3) is 6.01. The first kappa shape index (κ1) is 26.8. The van der Waals surface area contributed by atoms with Crippen molar-refractivity contribution in [1.82, 2.24) is 9.80 Å². The highest BCUT2D eigenvalue weighted by Gasteiger charge is 2.48. The second-order valence-electron chi connectivity index (χ2n) is 9.82. The van der Waals surface area contributed by atoms with Crippen LogP contribution in [0.15, 0.2) is 42.5 Å². The van der Waals surface area contributed by atoms with E-state index in [2.05, 4.69) is 13.8 Å². The molecule has 1 fully saturated rings. The summed E-state index contributed by atoms with van der Waals surface area (Å²) in [7, 11) is 1.60. The Morgan fingerprint density at radius 2 is 1.65 bits per heavy atom. The van der Waals surface area contributed by atoms with Crippen molar-refractivity contribution in [3.63, 3.8) is 0 Å². The van der Waals surface area contributed by atoms with Crippen molar-refractivity contribution in [1.29, 1.82) is 0 Å². The second-order valence-corrected chi connectivity index (χ2v) is 9.82. The van der Waals surface area contributed by atoms with E-state index in [0.717, 1.165) is 49.9 Å². The summed E-state index contributed by atoms with van der Waals surface area (Å²) in [5, 5.41) is 10.5. The number of amides is 1. The summed E-state index contributed by atoms with van der Waals surface area (Å²) in [5.74, 6) is 0.113. The number of hydrogen-bond acceptors (Lipinski definition) is 6. The van der Waals surface area contributed by atoms with Crippen LogP contribution < -0.4 is 14.2 Å². The molecule has 200 valence electrons. The molecule has 2 aliphatic heterocycles. The minimum absolute atomic E-state index is 0.0517. The van der Waals surface area contributed by atoms with Gasteiger partial charge < -0.3 is 24.2 Å². The van der Waals surface area contributed by atoms with Crippen LogP contribution in [0.25, 0.3) is 0 Å². The van der Waals surface area contributed by atoms with E-state index in [-0.39, 0.29) is 25.2 Å². The third-order valence-electron chi connectivity index (χ3n) is 7.42. The maximum atomic E-state index is 13.5. The summed E-state index contributed by atoms with van der Waals surface area (Å²) < 4.78 is 16.3. The molecule has 0 saturated carbocycles. The van der Waals surface area contributed by atoms with Crippen LogP contribution >= 0.6 is 0 Å². The molecule has 1 amide bonds. The molecule has 2 heterocycles. The smallest absolute Gasteiger partial charge is 0.309 e. The summed E-state index contributed by atoms with van der Waals surface area (Å²) in [6.45, 7) is 6.48. The number of methoxy groups -OCH3 is 1. The van der Waals surface area contributed by atoms with E-state index in [1.54, 1.807) is 7.11 Å². The number of aliphatic carboxylic acids is 1. The molecule has 2 aromatic rings. The quantitative estimate of drug-likeness (QED) is 0.443. The largest absolute Gasteiger partial charge is 0.497 e. The number of carboxylic acid groups (broad SMARTS) is 1. The van der Waals surface area contributed by atoms with Crippen molar-refractivity contribution < 1.29 is 28.9 Å². The molecule has 8 heteroatoms. The Kier molecular flexibility index (Phi) is 8.92. The first-order valence-corrected chi connectivity index (χ1v) is 13.2. The van der Waals surface area contributed by atoms with Crippen LogP contribution in [0.4, 0.5) is 0 Å². The predicted octanol–water partition coefficient (Wildman–Crippen LogP) is 4.69. The lowest BCUT2D eigenvalue weighted by Gasteiger charge is -2.30. The Bertz CT molecular complexity index is 1060. The number of carboxylic acids is 1. The van der Waals surface area contributed by atoms with Crippen molar-refractivity contribution in [3.8, 4) is 17.2 Å². The number of ether oxygens (including phenoxy) is 3. The van der Waals surface area contributed by atoms with Gasteiger partial charge in [0.15, 0.2) is 11.5 Å². The number of nitrogens with zero attached hydrogens (tertiary/aromatic N) is 2. The summed E-state index contributed by atoms with van der Waals surface area (Å²) >= 11 is 0. The zero-order valence-corrected chi connectivity index (χ0v) is 22.0. The molecule has 2 unspecified atom stereocenters. The van der Waals surface area contributed by atoms with E-state index in [1.165, 1.54) is 0 Å². The number of likely N-dealkylation sites (tertiary alicyclic amines) is 1. The standard InChI is InChI=1S/C29H38N2O6/c1-4-6-14-30(15-7-5-2)26(32)18-31-17-23(21-10-13-24-25(16-21)37-19-36-24)27(29(33)34)28(31)20-8-11-22(35-3)12-9-20/h8-13,16,23,27-28H,4-7,14-15,17-19H2,1-3H3,(H,33,34)/t23?,27?,28-/m1/s1. The molecule has 1 N–H and O–H groups in total. The summed E-state index contributed by atoms with van der Waals surface area (Å²) in [4.78, 5) is 30.3. The van der Waals surface area contributed by atoms with E-state index < -0.39 is 17.9 Å². The molecule has 2 aliphatic rings. The van der Waals surface area contributed by atoms with E-state index in [0.29, 0.717) is 23.8 Å². The average Bonchev–Trinajstić information content (AvgIpc) is 3.53. The normalized spacial score (nSPS) is 20.7. The number of hydrogen-bond donors (Lipinski definition) is 1. The summed E-state index contributed by atoms with van der Waals surface area (Å²) in [5.41, 5.74) is 1.73. The Hall–Kier alpha value is -3.26. The van der Waals surface area contributed by atoms with Crippen LogP contribution in [0.5, 0.6) is 17.2 Å². The maximum Gasteiger partial charge on any atom is 0.309 e. The van der Waals surface area contributed by atoms with Crippen molar-refractivity contribution in [3.05, 3.63) is 53.6 Å². The number of carbonyl (C=O) groups is 2. The molecule has 4 rings (SSSR count). The average molecular weight is 511 g/mol. The fourth-order valence-electron chi connectivity index (χ4n) is 5.41. The monoisotopic (exact) mass is 510 g/mol. The fraction of sp³-hybridized carbons (Fsp3) is 0.517. The molecule has 0 aromatic heterocycles. The summed E-state index contributed by atoms with van der Waals surface area (Å²) in [6, 6.07) is 12.7. The first-order valence-electron chi connectivity index (χ1n) is 13.2. The molecule has 37 heavy (non-hydrogen) atoms. The number of fused-ring (bicyclic) bond motifs is 1. The Balaban J connectivity index is 1.67. The highest BCUT2D eigenvalue weighted by molar-refractivity contribution is 5.79. The van der Waals surface area contributed by atoms with Crippen molar-refractivity contribution >= 4 is 11.9 Å². The van der Waals surface area contributed by atoms with Gasteiger partial charge in [0.25, 0.3) is 0 Å². The topological polar surface area (TPSA) is 88.5 Å². The van der Waals surface area contributed by atoms with Gasteiger partial charge in [0.1, 0.15) is 5.75 Å². The number of unbranched alkanes of at least 4 members (excludes halogenated alkanes) is 2. The van der Waals surface area contributed by atoms with Gasteiger partial charge in [-0.2, -0.15) is 0 Å². The van der Waals surface area contributed by atoms with Crippen LogP contribution in [0.2, 0.25) is 0 Å². The van der Waals surface area contributed by atoms with Gasteiger partial charge in [0.2, 0.25) is 12.7 Å². The van der Waals surface area contributed by atoms with Gasteiger partial charge in [-0.3, -0.25) is 14.5 Å². The van der Waals surface area contributed by atoms with Crippen LogP contribution in [-0.2, 0) is 9.59 Å². The van der Waals surface area contributed by atoms with Crippen LogP contribution in [0, 0.1) is 5.92 Å². The summed E-state index contributed by atoms with van der Waals surface area (Å²) in [6.07, 6.45) is 3.94. The third-order valence-corrected chi connectivity index (χ3v) is 7.42. The van der Waals surface area contributed by atoms with Gasteiger partial charge >= 0.3 is 5.97 Å². The zero-order valence-electron chi connectivity index (χ0n) is 22.0. The van der Waals surface area contributed by atoms with Crippen molar-refractivity contribution in [2.75, 3.05) is 40.1 Å². The second kappa shape index (κ2) is 12.3. The Labute approximate surface area is 219 Å². The number of carbonyl (C=O) groups excluding carboxylic acids is 1. The number of rotatable bonds is 12.